The van der Waals surface area contributed by atoms with Crippen LogP contribution in [0.4, 0.5) is 5.69 Å². The Kier molecular flexibility index (Phi) is 5.98. The van der Waals surface area contributed by atoms with Crippen LogP contribution in [-0.4, -0.2) is 38.5 Å². The summed E-state index contributed by atoms with van der Waals surface area (Å²) in [7, 11) is 1.63. The van der Waals surface area contributed by atoms with Gasteiger partial charge in [-0.15, -0.1) is 0 Å². The Hall–Kier alpha value is -1.09. The third-order valence-corrected chi connectivity index (χ3v) is 2.85. The van der Waals surface area contributed by atoms with Crippen LogP contribution in [0, 0.1) is 11.3 Å². The van der Waals surface area contributed by atoms with Crippen molar-refractivity contribution in [3.8, 4) is 6.07 Å². The molecule has 0 unspecified atom stereocenters. The fourth-order valence-electron chi connectivity index (χ4n) is 1.54. The van der Waals surface area contributed by atoms with Gasteiger partial charge in [-0.1, -0.05) is 15.9 Å². The van der Waals surface area contributed by atoms with E-state index in [1.807, 2.05) is 17.0 Å². The Bertz CT molecular complexity index is 404. The van der Waals surface area contributed by atoms with Crippen molar-refractivity contribution < 1.29 is 9.84 Å². The standard InChI is InChI=1S/C12H15BrN2O2/c1-17-7-5-15(4-6-16)12-8-11(13)3-2-10(12)9-14/h2-3,8,16H,4-7H2,1H3. The summed E-state index contributed by atoms with van der Waals surface area (Å²) in [6.45, 7) is 1.72. The predicted octanol–water partition coefficient (Wildman–Crippen LogP) is 1.77. The minimum atomic E-state index is 0.0428. The molecule has 0 aliphatic heterocycles. The number of halogens is 1. The summed E-state index contributed by atoms with van der Waals surface area (Å²) in [4.78, 5) is 1.94. The van der Waals surface area contributed by atoms with Crippen molar-refractivity contribution in [3.05, 3.63) is 28.2 Å². The Morgan fingerprint density at radius 2 is 2.24 bits per heavy atom. The van der Waals surface area contributed by atoms with Gasteiger partial charge in [-0.3, -0.25) is 0 Å². The van der Waals surface area contributed by atoms with Crippen LogP contribution in [0.5, 0.6) is 0 Å². The molecule has 0 radical (unpaired) electrons. The molecule has 1 aromatic rings. The topological polar surface area (TPSA) is 56.5 Å². The summed E-state index contributed by atoms with van der Waals surface area (Å²) in [5.41, 5.74) is 1.41. The zero-order valence-corrected chi connectivity index (χ0v) is 11.3. The maximum atomic E-state index is 9.07. The molecule has 1 N–H and O–H groups in total. The SMILES string of the molecule is COCCN(CCO)c1cc(Br)ccc1C#N. The molecule has 0 saturated carbocycles. The van der Waals surface area contributed by atoms with Gasteiger partial charge in [-0.2, -0.15) is 5.26 Å². The van der Waals surface area contributed by atoms with Crippen LogP contribution in [0.25, 0.3) is 0 Å². The van der Waals surface area contributed by atoms with E-state index in [0.717, 1.165) is 10.2 Å². The van der Waals surface area contributed by atoms with Gasteiger partial charge in [-0.25, -0.2) is 0 Å². The summed E-state index contributed by atoms with van der Waals surface area (Å²) in [6, 6.07) is 7.62. The van der Waals surface area contributed by atoms with E-state index in [2.05, 4.69) is 22.0 Å². The van der Waals surface area contributed by atoms with E-state index in [1.165, 1.54) is 0 Å². The molecule has 0 saturated heterocycles. The first-order chi connectivity index (χ1) is 8.22. The molecule has 0 bridgehead atoms. The number of methoxy groups -OCH3 is 1. The summed E-state index contributed by atoms with van der Waals surface area (Å²) < 4.78 is 5.94. The van der Waals surface area contributed by atoms with Crippen LogP contribution in [0.1, 0.15) is 5.56 Å². The molecule has 0 aromatic heterocycles. The lowest BCUT2D eigenvalue weighted by atomic mass is 10.1. The fourth-order valence-corrected chi connectivity index (χ4v) is 1.88. The molecule has 0 aliphatic rings. The van der Waals surface area contributed by atoms with Crippen LogP contribution < -0.4 is 4.90 Å². The van der Waals surface area contributed by atoms with E-state index >= 15 is 0 Å². The molecule has 17 heavy (non-hydrogen) atoms. The van der Waals surface area contributed by atoms with E-state index in [-0.39, 0.29) is 6.61 Å². The zero-order valence-electron chi connectivity index (χ0n) is 9.69. The van der Waals surface area contributed by atoms with Crippen molar-refractivity contribution in [2.24, 2.45) is 0 Å². The van der Waals surface area contributed by atoms with Gasteiger partial charge in [0, 0.05) is 24.7 Å². The summed E-state index contributed by atoms with van der Waals surface area (Å²) >= 11 is 3.38. The maximum absolute atomic E-state index is 9.07. The molecule has 0 spiro atoms. The second-order valence-corrected chi connectivity index (χ2v) is 4.39. The van der Waals surface area contributed by atoms with Crippen LogP contribution in [0.15, 0.2) is 22.7 Å². The van der Waals surface area contributed by atoms with Crippen molar-refractivity contribution in [2.45, 2.75) is 0 Å². The van der Waals surface area contributed by atoms with Crippen LogP contribution in [0.3, 0.4) is 0 Å². The first-order valence-corrected chi connectivity index (χ1v) is 6.06. The lowest BCUT2D eigenvalue weighted by Crippen LogP contribution is -2.30. The molecule has 0 heterocycles. The van der Waals surface area contributed by atoms with Crippen molar-refractivity contribution in [1.29, 1.82) is 5.26 Å². The Balaban J connectivity index is 2.99. The Labute approximate surface area is 110 Å². The molecular formula is C12H15BrN2O2. The molecular weight excluding hydrogens is 284 g/mol. The van der Waals surface area contributed by atoms with Crippen molar-refractivity contribution in [2.75, 3.05) is 38.3 Å². The van der Waals surface area contributed by atoms with E-state index < -0.39 is 0 Å². The highest BCUT2D eigenvalue weighted by atomic mass is 79.9. The summed E-state index contributed by atoms with van der Waals surface area (Å²) in [6.07, 6.45) is 0. The van der Waals surface area contributed by atoms with Gasteiger partial charge in [0.1, 0.15) is 6.07 Å². The number of nitriles is 1. The van der Waals surface area contributed by atoms with Gasteiger partial charge in [0.05, 0.1) is 24.5 Å². The first-order valence-electron chi connectivity index (χ1n) is 5.27. The normalized spacial score (nSPS) is 10.0. The molecule has 1 rings (SSSR count). The molecule has 92 valence electrons. The van der Waals surface area contributed by atoms with Gasteiger partial charge in [0.2, 0.25) is 0 Å². The van der Waals surface area contributed by atoms with Crippen LogP contribution in [-0.2, 0) is 4.74 Å². The van der Waals surface area contributed by atoms with Gasteiger partial charge in [-0.05, 0) is 18.2 Å². The number of nitrogens with zero attached hydrogens (tertiary/aromatic N) is 2. The molecule has 4 nitrogen and oxygen atoms in total. The smallest absolute Gasteiger partial charge is 0.101 e. The highest BCUT2D eigenvalue weighted by molar-refractivity contribution is 9.10. The number of rotatable bonds is 6. The zero-order chi connectivity index (χ0) is 12.7. The van der Waals surface area contributed by atoms with Gasteiger partial charge in [0.25, 0.3) is 0 Å². The lowest BCUT2D eigenvalue weighted by molar-refractivity contribution is 0.203. The van der Waals surface area contributed by atoms with Crippen molar-refractivity contribution >= 4 is 21.6 Å². The van der Waals surface area contributed by atoms with Gasteiger partial charge >= 0.3 is 0 Å². The minimum absolute atomic E-state index is 0.0428. The minimum Gasteiger partial charge on any atom is -0.395 e. The van der Waals surface area contributed by atoms with E-state index in [0.29, 0.717) is 25.3 Å². The highest BCUT2D eigenvalue weighted by Crippen LogP contribution is 2.24. The fraction of sp³-hybridized carbons (Fsp3) is 0.417. The Morgan fingerprint density at radius 3 is 2.82 bits per heavy atom. The second kappa shape index (κ2) is 7.28. The van der Waals surface area contributed by atoms with E-state index in [9.17, 15) is 0 Å². The number of aliphatic hydroxyl groups excluding tert-OH is 1. The number of anilines is 1. The quantitative estimate of drug-likeness (QED) is 0.869. The number of hydrogen-bond acceptors (Lipinski definition) is 4. The van der Waals surface area contributed by atoms with Crippen molar-refractivity contribution in [3.63, 3.8) is 0 Å². The van der Waals surface area contributed by atoms with Crippen molar-refractivity contribution in [1.82, 2.24) is 0 Å². The molecule has 0 fully saturated rings. The third kappa shape index (κ3) is 4.00. The first kappa shape index (κ1) is 14.0. The molecule has 1 aromatic carbocycles. The van der Waals surface area contributed by atoms with E-state index in [4.69, 9.17) is 15.1 Å². The molecule has 0 aliphatic carbocycles. The average molecular weight is 299 g/mol. The number of aliphatic hydroxyl groups is 1. The molecule has 5 heteroatoms. The Morgan fingerprint density at radius 1 is 1.47 bits per heavy atom. The van der Waals surface area contributed by atoms with Gasteiger partial charge in [0.15, 0.2) is 0 Å². The third-order valence-electron chi connectivity index (χ3n) is 2.36. The van der Waals surface area contributed by atoms with E-state index in [1.54, 1.807) is 13.2 Å². The monoisotopic (exact) mass is 298 g/mol. The second-order valence-electron chi connectivity index (χ2n) is 3.48. The summed E-state index contributed by atoms with van der Waals surface area (Å²) in [5, 5.41) is 18.1. The molecule has 0 atom stereocenters. The highest BCUT2D eigenvalue weighted by Gasteiger charge is 2.11. The van der Waals surface area contributed by atoms with Gasteiger partial charge < -0.3 is 14.7 Å². The number of ether oxygens (including phenoxy) is 1. The van der Waals surface area contributed by atoms with Crippen LogP contribution >= 0.6 is 15.9 Å². The lowest BCUT2D eigenvalue weighted by Gasteiger charge is -2.24. The largest absolute Gasteiger partial charge is 0.395 e. The predicted molar refractivity (Wildman–Crippen MR) is 70.0 cm³/mol. The molecule has 0 amide bonds. The summed E-state index contributed by atoms with van der Waals surface area (Å²) in [5.74, 6) is 0. The number of benzene rings is 1. The average Bonchev–Trinajstić information content (AvgIpc) is 2.34. The maximum Gasteiger partial charge on any atom is 0.101 e. The number of hydrogen-bond donors (Lipinski definition) is 1. The van der Waals surface area contributed by atoms with Crippen LogP contribution in [0.2, 0.25) is 0 Å².